The standard InChI is InChI=1S/C18H12F2N6O3/c19-8-1-2-9-10-6-14(29-4-3-15-23-25-26-24-15)13(20)7-12(10)18(11(9)5-8)16(27)21-17(28)22-18/h1-2,5-7H,3-4H2,(H2,21,22,27,28)(H,23,24,25,26). The molecule has 5 rings (SSSR count). The van der Waals surface area contributed by atoms with Gasteiger partial charge in [0.1, 0.15) is 5.82 Å². The molecule has 1 aromatic heterocycles. The number of benzene rings is 2. The van der Waals surface area contributed by atoms with Crippen LogP contribution in [0.5, 0.6) is 5.75 Å². The summed E-state index contributed by atoms with van der Waals surface area (Å²) < 4.78 is 34.2. The maximum Gasteiger partial charge on any atom is 0.322 e. The smallest absolute Gasteiger partial charge is 0.322 e. The minimum absolute atomic E-state index is 0.0516. The van der Waals surface area contributed by atoms with Crippen LogP contribution in [-0.2, 0) is 16.8 Å². The molecule has 1 aliphatic heterocycles. The van der Waals surface area contributed by atoms with E-state index >= 15 is 0 Å². The van der Waals surface area contributed by atoms with Gasteiger partial charge in [-0.2, -0.15) is 5.21 Å². The lowest BCUT2D eigenvalue weighted by atomic mass is 9.87. The largest absolute Gasteiger partial charge is 0.490 e. The average Bonchev–Trinajstić information content (AvgIpc) is 3.36. The summed E-state index contributed by atoms with van der Waals surface area (Å²) >= 11 is 0. The number of urea groups is 1. The van der Waals surface area contributed by atoms with Gasteiger partial charge < -0.3 is 10.1 Å². The lowest BCUT2D eigenvalue weighted by molar-refractivity contribution is -0.122. The Balaban J connectivity index is 1.58. The molecule has 3 N–H and O–H groups in total. The molecule has 1 atom stereocenters. The first-order chi connectivity index (χ1) is 14.0. The number of nitrogens with zero attached hydrogens (tertiary/aromatic N) is 3. The van der Waals surface area contributed by atoms with Crippen molar-refractivity contribution in [3.8, 4) is 16.9 Å². The predicted octanol–water partition coefficient (Wildman–Crippen LogP) is 1.16. The van der Waals surface area contributed by atoms with Crippen molar-refractivity contribution in [1.82, 2.24) is 31.3 Å². The first-order valence-electron chi connectivity index (χ1n) is 8.62. The summed E-state index contributed by atoms with van der Waals surface area (Å²) in [5.41, 5.74) is -0.271. The second-order valence-corrected chi connectivity index (χ2v) is 6.60. The zero-order valence-corrected chi connectivity index (χ0v) is 14.6. The summed E-state index contributed by atoms with van der Waals surface area (Å²) in [6, 6.07) is 5.70. The number of aromatic amines is 1. The first-order valence-corrected chi connectivity index (χ1v) is 8.62. The molecule has 0 bridgehead atoms. The maximum atomic E-state index is 14.8. The van der Waals surface area contributed by atoms with Crippen LogP contribution in [0.3, 0.4) is 0 Å². The van der Waals surface area contributed by atoms with Gasteiger partial charge in [-0.15, -0.1) is 10.2 Å². The van der Waals surface area contributed by atoms with Crippen LogP contribution in [0.4, 0.5) is 13.6 Å². The molecule has 1 fully saturated rings. The summed E-state index contributed by atoms with van der Waals surface area (Å²) in [6.45, 7) is 0.0912. The van der Waals surface area contributed by atoms with Crippen LogP contribution in [0.25, 0.3) is 11.1 Å². The molecule has 2 heterocycles. The van der Waals surface area contributed by atoms with Crippen LogP contribution in [0, 0.1) is 11.6 Å². The van der Waals surface area contributed by atoms with Crippen LogP contribution in [0.1, 0.15) is 17.0 Å². The number of ether oxygens (including phenoxy) is 1. The number of fused-ring (bicyclic) bond motifs is 5. The fourth-order valence-corrected chi connectivity index (χ4v) is 3.78. The molecular formula is C18H12F2N6O3. The molecular weight excluding hydrogens is 386 g/mol. The third-order valence-corrected chi connectivity index (χ3v) is 4.99. The Morgan fingerprint density at radius 2 is 1.90 bits per heavy atom. The van der Waals surface area contributed by atoms with Crippen LogP contribution in [0.2, 0.25) is 0 Å². The Morgan fingerprint density at radius 3 is 2.62 bits per heavy atom. The number of hydrogen-bond acceptors (Lipinski definition) is 6. The van der Waals surface area contributed by atoms with E-state index in [0.29, 0.717) is 23.4 Å². The fourth-order valence-electron chi connectivity index (χ4n) is 3.78. The number of imide groups is 1. The van der Waals surface area contributed by atoms with E-state index < -0.39 is 29.1 Å². The van der Waals surface area contributed by atoms with Crippen LogP contribution >= 0.6 is 0 Å². The van der Waals surface area contributed by atoms with Crippen molar-refractivity contribution in [1.29, 1.82) is 0 Å². The number of tetrazole rings is 1. The number of halogens is 2. The number of aromatic nitrogens is 4. The monoisotopic (exact) mass is 398 g/mol. The molecule has 0 saturated carbocycles. The van der Waals surface area contributed by atoms with Gasteiger partial charge in [-0.25, -0.2) is 13.6 Å². The SMILES string of the molecule is O=C1NC(=O)C2(N1)c1cc(F)ccc1-c1cc(OCCc3nn[nH]n3)c(F)cc12. The number of carbonyl (C=O) groups excluding carboxylic acids is 2. The summed E-state index contributed by atoms with van der Waals surface area (Å²) in [4.78, 5) is 24.5. The molecule has 0 radical (unpaired) electrons. The van der Waals surface area contributed by atoms with Gasteiger partial charge in [0.15, 0.2) is 22.9 Å². The Labute approximate surface area is 161 Å². The molecule has 1 unspecified atom stereocenters. The number of nitrogens with one attached hydrogen (secondary N) is 3. The minimum Gasteiger partial charge on any atom is -0.490 e. The lowest BCUT2D eigenvalue weighted by Crippen LogP contribution is -2.43. The number of rotatable bonds is 4. The second-order valence-electron chi connectivity index (χ2n) is 6.60. The van der Waals surface area contributed by atoms with Gasteiger partial charge in [0.05, 0.1) is 6.61 Å². The number of H-pyrrole nitrogens is 1. The van der Waals surface area contributed by atoms with E-state index in [9.17, 15) is 18.4 Å². The molecule has 3 aromatic rings. The van der Waals surface area contributed by atoms with E-state index in [1.165, 1.54) is 18.2 Å². The predicted molar refractivity (Wildman–Crippen MR) is 92.6 cm³/mol. The lowest BCUT2D eigenvalue weighted by Gasteiger charge is -2.23. The minimum atomic E-state index is -1.69. The van der Waals surface area contributed by atoms with Crippen molar-refractivity contribution in [2.24, 2.45) is 0 Å². The van der Waals surface area contributed by atoms with E-state index in [2.05, 4.69) is 31.3 Å². The second kappa shape index (κ2) is 6.06. The van der Waals surface area contributed by atoms with Crippen molar-refractivity contribution in [3.05, 3.63) is 58.9 Å². The highest BCUT2D eigenvalue weighted by Gasteiger charge is 2.55. The Morgan fingerprint density at radius 1 is 1.07 bits per heavy atom. The third kappa shape index (κ3) is 2.47. The normalized spacial score (nSPS) is 19.1. The Kier molecular flexibility index (Phi) is 3.60. The Bertz CT molecular complexity index is 1170. The van der Waals surface area contributed by atoms with Gasteiger partial charge in [-0.05, 0) is 35.4 Å². The molecule has 1 spiro atoms. The zero-order valence-electron chi connectivity index (χ0n) is 14.6. The highest BCUT2D eigenvalue weighted by molar-refractivity contribution is 6.13. The van der Waals surface area contributed by atoms with Crippen molar-refractivity contribution < 1.29 is 23.1 Å². The van der Waals surface area contributed by atoms with E-state index in [-0.39, 0.29) is 23.5 Å². The van der Waals surface area contributed by atoms with Crippen molar-refractivity contribution >= 4 is 11.9 Å². The number of hydrogen-bond donors (Lipinski definition) is 3. The maximum absolute atomic E-state index is 14.8. The summed E-state index contributed by atoms with van der Waals surface area (Å²) in [6.07, 6.45) is 0.303. The molecule has 9 nitrogen and oxygen atoms in total. The van der Waals surface area contributed by atoms with Gasteiger partial charge in [0.25, 0.3) is 5.91 Å². The molecule has 29 heavy (non-hydrogen) atoms. The van der Waals surface area contributed by atoms with E-state index in [4.69, 9.17) is 4.74 Å². The number of carbonyl (C=O) groups is 2. The molecule has 1 saturated heterocycles. The first kappa shape index (κ1) is 17.2. The van der Waals surface area contributed by atoms with E-state index in [0.717, 1.165) is 12.1 Å². The Hall–Kier alpha value is -3.89. The third-order valence-electron chi connectivity index (χ3n) is 4.99. The van der Waals surface area contributed by atoms with E-state index in [1.807, 2.05) is 0 Å². The van der Waals surface area contributed by atoms with Gasteiger partial charge >= 0.3 is 6.03 Å². The van der Waals surface area contributed by atoms with E-state index in [1.54, 1.807) is 0 Å². The highest BCUT2D eigenvalue weighted by atomic mass is 19.1. The summed E-state index contributed by atoms with van der Waals surface area (Å²) in [5.74, 6) is -1.64. The average molecular weight is 398 g/mol. The highest BCUT2D eigenvalue weighted by Crippen LogP contribution is 2.50. The van der Waals surface area contributed by atoms with Crippen LogP contribution in [0.15, 0.2) is 30.3 Å². The molecule has 11 heteroatoms. The summed E-state index contributed by atoms with van der Waals surface area (Å²) in [7, 11) is 0. The quantitative estimate of drug-likeness (QED) is 0.567. The molecule has 3 amide bonds. The van der Waals surface area contributed by atoms with Crippen molar-refractivity contribution in [2.75, 3.05) is 6.61 Å². The topological polar surface area (TPSA) is 122 Å². The zero-order chi connectivity index (χ0) is 20.2. The van der Waals surface area contributed by atoms with Crippen molar-refractivity contribution in [3.63, 3.8) is 0 Å². The molecule has 146 valence electrons. The molecule has 1 aliphatic carbocycles. The van der Waals surface area contributed by atoms with Gasteiger partial charge in [-0.1, -0.05) is 11.3 Å². The van der Waals surface area contributed by atoms with Gasteiger partial charge in [0.2, 0.25) is 0 Å². The molecule has 2 aliphatic rings. The fraction of sp³-hybridized carbons (Fsp3) is 0.167. The van der Waals surface area contributed by atoms with Crippen molar-refractivity contribution in [2.45, 2.75) is 12.0 Å². The van der Waals surface area contributed by atoms with Gasteiger partial charge in [0, 0.05) is 17.5 Å². The number of amides is 3. The van der Waals surface area contributed by atoms with Crippen LogP contribution in [-0.4, -0.2) is 39.2 Å². The summed E-state index contributed by atoms with van der Waals surface area (Å²) in [5, 5.41) is 18.0. The van der Waals surface area contributed by atoms with Gasteiger partial charge in [-0.3, -0.25) is 10.1 Å². The molecule has 2 aromatic carbocycles. The van der Waals surface area contributed by atoms with Crippen LogP contribution < -0.4 is 15.4 Å².